The minimum Gasteiger partial charge on any atom is -0.492 e. The number of ether oxygens (including phenoxy) is 1. The van der Waals surface area contributed by atoms with Gasteiger partial charge >= 0.3 is 0 Å². The third-order valence-corrected chi connectivity index (χ3v) is 3.09. The highest BCUT2D eigenvalue weighted by atomic mass is 19.1. The predicted octanol–water partition coefficient (Wildman–Crippen LogP) is 3.21. The molecular weight excluding hydrogens is 267 g/mol. The second-order valence-corrected chi connectivity index (χ2v) is 4.85. The van der Waals surface area contributed by atoms with Crippen LogP contribution in [0.1, 0.15) is 11.1 Å². The molecule has 0 heterocycles. The van der Waals surface area contributed by atoms with Crippen LogP contribution in [0.2, 0.25) is 0 Å². The highest BCUT2D eigenvalue weighted by Gasteiger charge is 2.02. The molecule has 0 aliphatic carbocycles. The SMILES string of the molecule is CN(CCOc1ccc(F)cc1)Cc1ccc(C#N)cc1. The molecule has 0 aromatic heterocycles. The summed E-state index contributed by atoms with van der Waals surface area (Å²) in [7, 11) is 2.01. The van der Waals surface area contributed by atoms with Crippen molar-refractivity contribution in [1.29, 1.82) is 5.26 Å². The van der Waals surface area contributed by atoms with E-state index >= 15 is 0 Å². The molecule has 0 atom stereocenters. The fourth-order valence-electron chi connectivity index (χ4n) is 1.93. The van der Waals surface area contributed by atoms with Crippen molar-refractivity contribution >= 4 is 0 Å². The van der Waals surface area contributed by atoms with Crippen LogP contribution >= 0.6 is 0 Å². The highest BCUT2D eigenvalue weighted by molar-refractivity contribution is 5.31. The van der Waals surface area contributed by atoms with Gasteiger partial charge in [0.2, 0.25) is 0 Å². The summed E-state index contributed by atoms with van der Waals surface area (Å²) in [6.07, 6.45) is 0. The molecule has 2 rings (SSSR count). The van der Waals surface area contributed by atoms with Crippen LogP contribution in [0, 0.1) is 17.1 Å². The molecule has 0 saturated carbocycles. The van der Waals surface area contributed by atoms with Crippen molar-refractivity contribution in [1.82, 2.24) is 4.90 Å². The van der Waals surface area contributed by atoms with E-state index in [-0.39, 0.29) is 5.82 Å². The molecule has 0 aliphatic rings. The van der Waals surface area contributed by atoms with Crippen molar-refractivity contribution < 1.29 is 9.13 Å². The van der Waals surface area contributed by atoms with Crippen molar-refractivity contribution in [2.45, 2.75) is 6.54 Å². The van der Waals surface area contributed by atoms with Crippen LogP contribution in [0.5, 0.6) is 5.75 Å². The summed E-state index contributed by atoms with van der Waals surface area (Å²) in [5, 5.41) is 8.75. The quantitative estimate of drug-likeness (QED) is 0.817. The Morgan fingerprint density at radius 2 is 1.76 bits per heavy atom. The zero-order valence-corrected chi connectivity index (χ0v) is 11.9. The van der Waals surface area contributed by atoms with E-state index in [1.165, 1.54) is 12.1 Å². The molecule has 0 aliphatic heterocycles. The molecule has 0 fully saturated rings. The van der Waals surface area contributed by atoms with Crippen molar-refractivity contribution in [2.75, 3.05) is 20.2 Å². The Hall–Kier alpha value is -2.38. The summed E-state index contributed by atoms with van der Waals surface area (Å²) in [5.74, 6) is 0.406. The second kappa shape index (κ2) is 7.41. The Labute approximate surface area is 124 Å². The van der Waals surface area contributed by atoms with Crippen molar-refractivity contribution in [2.24, 2.45) is 0 Å². The summed E-state index contributed by atoms with van der Waals surface area (Å²) in [6, 6.07) is 15.7. The summed E-state index contributed by atoms with van der Waals surface area (Å²) >= 11 is 0. The predicted molar refractivity (Wildman–Crippen MR) is 79.4 cm³/mol. The van der Waals surface area contributed by atoms with E-state index in [0.717, 1.165) is 18.7 Å². The lowest BCUT2D eigenvalue weighted by Crippen LogP contribution is -2.23. The Morgan fingerprint density at radius 1 is 1.10 bits per heavy atom. The van der Waals surface area contributed by atoms with E-state index in [4.69, 9.17) is 10.00 Å². The maximum Gasteiger partial charge on any atom is 0.123 e. The normalized spacial score (nSPS) is 10.4. The van der Waals surface area contributed by atoms with Gasteiger partial charge in [0.05, 0.1) is 11.6 Å². The average molecular weight is 284 g/mol. The lowest BCUT2D eigenvalue weighted by Gasteiger charge is -2.17. The highest BCUT2D eigenvalue weighted by Crippen LogP contribution is 2.11. The monoisotopic (exact) mass is 284 g/mol. The second-order valence-electron chi connectivity index (χ2n) is 4.85. The molecule has 0 radical (unpaired) electrons. The molecule has 3 nitrogen and oxygen atoms in total. The molecule has 0 bridgehead atoms. The first-order valence-electron chi connectivity index (χ1n) is 6.73. The average Bonchev–Trinajstić information content (AvgIpc) is 2.50. The molecule has 0 N–H and O–H groups in total. The van der Waals surface area contributed by atoms with Gasteiger partial charge in [0.25, 0.3) is 0 Å². The van der Waals surface area contributed by atoms with E-state index < -0.39 is 0 Å². The molecule has 0 unspecified atom stereocenters. The van der Waals surface area contributed by atoms with E-state index in [1.807, 2.05) is 31.3 Å². The summed E-state index contributed by atoms with van der Waals surface area (Å²) in [5.41, 5.74) is 1.82. The Balaban J connectivity index is 1.75. The van der Waals surface area contributed by atoms with Gasteiger partial charge < -0.3 is 4.74 Å². The van der Waals surface area contributed by atoms with Gasteiger partial charge in [-0.05, 0) is 49.0 Å². The number of rotatable bonds is 6. The van der Waals surface area contributed by atoms with E-state index in [0.29, 0.717) is 17.9 Å². The zero-order valence-electron chi connectivity index (χ0n) is 11.9. The molecule has 21 heavy (non-hydrogen) atoms. The first kappa shape index (κ1) is 15.0. The minimum absolute atomic E-state index is 0.264. The lowest BCUT2D eigenvalue weighted by atomic mass is 10.1. The number of benzene rings is 2. The van der Waals surface area contributed by atoms with Crippen LogP contribution in [0.4, 0.5) is 4.39 Å². The maximum absolute atomic E-state index is 12.7. The molecular formula is C17H17FN2O. The van der Waals surface area contributed by atoms with Gasteiger partial charge in [-0.1, -0.05) is 12.1 Å². The number of likely N-dealkylation sites (N-methyl/N-ethyl adjacent to an activating group) is 1. The molecule has 2 aromatic rings. The Kier molecular flexibility index (Phi) is 5.30. The van der Waals surface area contributed by atoms with E-state index in [9.17, 15) is 4.39 Å². The molecule has 2 aromatic carbocycles. The Morgan fingerprint density at radius 3 is 2.38 bits per heavy atom. The van der Waals surface area contributed by atoms with Gasteiger partial charge in [-0.25, -0.2) is 4.39 Å². The summed E-state index contributed by atoms with van der Waals surface area (Å²) < 4.78 is 18.3. The molecule has 4 heteroatoms. The molecule has 108 valence electrons. The topological polar surface area (TPSA) is 36.3 Å². The molecule has 0 spiro atoms. The van der Waals surface area contributed by atoms with Crippen molar-refractivity contribution in [3.63, 3.8) is 0 Å². The van der Waals surface area contributed by atoms with Crippen LogP contribution in [0.3, 0.4) is 0 Å². The van der Waals surface area contributed by atoms with Crippen molar-refractivity contribution in [3.8, 4) is 11.8 Å². The summed E-state index contributed by atoms with van der Waals surface area (Å²) in [4.78, 5) is 2.13. The smallest absolute Gasteiger partial charge is 0.123 e. The van der Waals surface area contributed by atoms with E-state index in [1.54, 1.807) is 12.1 Å². The number of nitrogens with zero attached hydrogens (tertiary/aromatic N) is 2. The van der Waals surface area contributed by atoms with Crippen LogP contribution in [-0.2, 0) is 6.54 Å². The number of halogens is 1. The van der Waals surface area contributed by atoms with Gasteiger partial charge in [-0.2, -0.15) is 5.26 Å². The van der Waals surface area contributed by atoms with Gasteiger partial charge in [0.15, 0.2) is 0 Å². The maximum atomic E-state index is 12.7. The van der Waals surface area contributed by atoms with Gasteiger partial charge in [-0.3, -0.25) is 4.90 Å². The van der Waals surface area contributed by atoms with Crippen molar-refractivity contribution in [3.05, 3.63) is 65.5 Å². The fourth-order valence-corrected chi connectivity index (χ4v) is 1.93. The standard InChI is InChI=1S/C17H17FN2O/c1-20(13-15-4-2-14(12-19)3-5-15)10-11-21-17-8-6-16(18)7-9-17/h2-9H,10-11,13H2,1H3. The summed E-state index contributed by atoms with van der Waals surface area (Å²) in [6.45, 7) is 2.09. The number of hydrogen-bond donors (Lipinski definition) is 0. The molecule has 0 saturated heterocycles. The first-order valence-corrected chi connectivity index (χ1v) is 6.73. The van der Waals surface area contributed by atoms with Crippen LogP contribution < -0.4 is 4.74 Å². The Bertz CT molecular complexity index is 602. The third-order valence-electron chi connectivity index (χ3n) is 3.09. The minimum atomic E-state index is -0.264. The largest absolute Gasteiger partial charge is 0.492 e. The first-order chi connectivity index (χ1) is 10.2. The zero-order chi connectivity index (χ0) is 15.1. The van der Waals surface area contributed by atoms with Gasteiger partial charge in [0, 0.05) is 13.1 Å². The van der Waals surface area contributed by atoms with Gasteiger partial charge in [0.1, 0.15) is 18.2 Å². The molecule has 0 amide bonds. The van der Waals surface area contributed by atoms with Crippen LogP contribution in [0.25, 0.3) is 0 Å². The van der Waals surface area contributed by atoms with Crippen LogP contribution in [-0.4, -0.2) is 25.1 Å². The lowest BCUT2D eigenvalue weighted by molar-refractivity contribution is 0.232. The van der Waals surface area contributed by atoms with E-state index in [2.05, 4.69) is 11.0 Å². The van der Waals surface area contributed by atoms with Crippen LogP contribution in [0.15, 0.2) is 48.5 Å². The van der Waals surface area contributed by atoms with Gasteiger partial charge in [-0.15, -0.1) is 0 Å². The number of hydrogen-bond acceptors (Lipinski definition) is 3. The number of nitriles is 1. The third kappa shape index (κ3) is 4.90. The fraction of sp³-hybridized carbons (Fsp3) is 0.235.